The molecule has 0 amide bonds. The highest BCUT2D eigenvalue weighted by Crippen LogP contribution is 2.49. The average molecular weight is 482 g/mol. The van der Waals surface area contributed by atoms with E-state index in [2.05, 4.69) is 30.3 Å². The van der Waals surface area contributed by atoms with Gasteiger partial charge in [-0.25, -0.2) is 4.98 Å². The quantitative estimate of drug-likeness (QED) is 0.244. The molecule has 6 aromatic rings. The molecule has 0 aliphatic heterocycles. The first-order valence-corrected chi connectivity index (χ1v) is 13.7. The number of aromatic nitrogens is 1. The Balaban J connectivity index is 1.86. The molecule has 0 unspecified atom stereocenters. The fourth-order valence-corrected chi connectivity index (χ4v) is 7.93. The summed E-state index contributed by atoms with van der Waals surface area (Å²) in [6, 6.07) is 48.2. The first-order chi connectivity index (χ1) is 17.8. The summed E-state index contributed by atoms with van der Waals surface area (Å²) in [5, 5.41) is 3.35. The van der Waals surface area contributed by atoms with Crippen LogP contribution in [0.5, 0.6) is 0 Å². The molecule has 1 heterocycles. The summed E-state index contributed by atoms with van der Waals surface area (Å²) in [5.74, 6) is 0. The van der Waals surface area contributed by atoms with Crippen LogP contribution in [0.1, 0.15) is 0 Å². The molecule has 172 valence electrons. The lowest BCUT2D eigenvalue weighted by atomic mass is 9.98. The number of fused-ring (bicyclic) bond motifs is 1. The number of benzene rings is 5. The highest BCUT2D eigenvalue weighted by atomic mass is 31.2. The molecule has 36 heavy (non-hydrogen) atoms. The van der Waals surface area contributed by atoms with E-state index in [0.29, 0.717) is 0 Å². The van der Waals surface area contributed by atoms with Crippen molar-refractivity contribution in [2.75, 3.05) is 0 Å². The second-order valence-electron chi connectivity index (χ2n) is 8.71. The maximum absolute atomic E-state index is 15.8. The lowest BCUT2D eigenvalue weighted by Gasteiger charge is -2.26. The van der Waals surface area contributed by atoms with E-state index in [-0.39, 0.29) is 0 Å². The molecule has 0 N–H and O–H groups in total. The van der Waals surface area contributed by atoms with Crippen molar-refractivity contribution in [3.63, 3.8) is 0 Å². The molecule has 0 atom stereocenters. The highest BCUT2D eigenvalue weighted by molar-refractivity contribution is 7.85. The molecule has 0 saturated heterocycles. The largest absolute Gasteiger partial charge is 0.309 e. The number of hydrogen-bond donors (Lipinski definition) is 0. The molecular weight excluding hydrogens is 457 g/mol. The second kappa shape index (κ2) is 9.41. The lowest BCUT2D eigenvalue weighted by Crippen LogP contribution is -2.28. The van der Waals surface area contributed by atoms with Gasteiger partial charge in [0.15, 0.2) is 7.14 Å². The zero-order valence-corrected chi connectivity index (χ0v) is 20.6. The zero-order chi connectivity index (χ0) is 24.4. The smallest absolute Gasteiger partial charge is 0.173 e. The number of nitrogens with zero attached hydrogens (tertiary/aromatic N) is 1. The first-order valence-electron chi connectivity index (χ1n) is 12.0. The molecule has 0 saturated carbocycles. The van der Waals surface area contributed by atoms with Crippen molar-refractivity contribution < 1.29 is 4.57 Å². The van der Waals surface area contributed by atoms with Gasteiger partial charge >= 0.3 is 0 Å². The van der Waals surface area contributed by atoms with E-state index in [1.165, 1.54) is 0 Å². The Kier molecular flexibility index (Phi) is 5.81. The summed E-state index contributed by atoms with van der Waals surface area (Å²) in [5.41, 5.74) is 4.57. The number of hydrogen-bond acceptors (Lipinski definition) is 2. The molecule has 1 aromatic heterocycles. The van der Waals surface area contributed by atoms with Crippen LogP contribution in [0.3, 0.4) is 0 Å². The van der Waals surface area contributed by atoms with E-state index < -0.39 is 7.14 Å². The van der Waals surface area contributed by atoms with E-state index in [1.54, 1.807) is 0 Å². The average Bonchev–Trinajstić information content (AvgIpc) is 2.97. The molecule has 6 rings (SSSR count). The maximum Gasteiger partial charge on any atom is 0.173 e. The zero-order valence-electron chi connectivity index (χ0n) is 19.7. The Bertz CT molecular complexity index is 1640. The van der Waals surface area contributed by atoms with Crippen LogP contribution >= 0.6 is 7.14 Å². The Morgan fingerprint density at radius 1 is 0.472 bits per heavy atom. The molecular formula is C33H24NOP. The summed E-state index contributed by atoms with van der Waals surface area (Å²) < 4.78 is 15.8. The Hall–Kier alpha value is -4.26. The Labute approximate surface area is 211 Å². The monoisotopic (exact) mass is 481 g/mol. The lowest BCUT2D eigenvalue weighted by molar-refractivity contribution is 0.592. The summed E-state index contributed by atoms with van der Waals surface area (Å²) >= 11 is 0. The fourth-order valence-electron chi connectivity index (χ4n) is 4.89. The normalized spacial score (nSPS) is 11.4. The molecule has 0 bridgehead atoms. The van der Waals surface area contributed by atoms with E-state index in [0.717, 1.165) is 49.2 Å². The fraction of sp³-hybridized carbons (Fsp3) is 0. The number of pyridine rings is 1. The van der Waals surface area contributed by atoms with Gasteiger partial charge in [0, 0.05) is 27.1 Å². The van der Waals surface area contributed by atoms with Crippen molar-refractivity contribution in [1.29, 1.82) is 0 Å². The van der Waals surface area contributed by atoms with Gasteiger partial charge in [0.25, 0.3) is 0 Å². The topological polar surface area (TPSA) is 30.0 Å². The molecule has 5 aromatic carbocycles. The van der Waals surface area contributed by atoms with Gasteiger partial charge in [0.05, 0.1) is 16.5 Å². The van der Waals surface area contributed by atoms with E-state index in [4.69, 9.17) is 4.98 Å². The van der Waals surface area contributed by atoms with Crippen LogP contribution < -0.4 is 15.9 Å². The molecule has 2 nitrogen and oxygen atoms in total. The van der Waals surface area contributed by atoms with Crippen LogP contribution in [-0.4, -0.2) is 4.98 Å². The van der Waals surface area contributed by atoms with Gasteiger partial charge in [0.1, 0.15) is 0 Å². The number of para-hydroxylation sites is 1. The third kappa shape index (κ3) is 3.77. The molecule has 0 spiro atoms. The van der Waals surface area contributed by atoms with Gasteiger partial charge in [-0.3, -0.25) is 0 Å². The minimum absolute atomic E-state index is 0.754. The molecule has 3 heteroatoms. The summed E-state index contributed by atoms with van der Waals surface area (Å²) in [6.07, 6.45) is 0. The van der Waals surface area contributed by atoms with Crippen LogP contribution in [0.4, 0.5) is 0 Å². The van der Waals surface area contributed by atoms with E-state index >= 15 is 4.57 Å². The SMILES string of the molecule is O=P(c1ccccc1)(c1ccccc1)c1c(-c2ccccc2)nc2ccccc2c1-c1ccccc1. The van der Waals surface area contributed by atoms with Crippen LogP contribution in [0.2, 0.25) is 0 Å². The third-order valence-electron chi connectivity index (χ3n) is 6.53. The van der Waals surface area contributed by atoms with Crippen molar-refractivity contribution in [3.8, 4) is 22.4 Å². The van der Waals surface area contributed by atoms with E-state index in [1.807, 2.05) is 115 Å². The van der Waals surface area contributed by atoms with Crippen LogP contribution in [0, 0.1) is 0 Å². The van der Waals surface area contributed by atoms with Crippen molar-refractivity contribution in [3.05, 3.63) is 146 Å². The van der Waals surface area contributed by atoms with Crippen molar-refractivity contribution in [2.24, 2.45) is 0 Å². The van der Waals surface area contributed by atoms with Crippen molar-refractivity contribution in [2.45, 2.75) is 0 Å². The van der Waals surface area contributed by atoms with Gasteiger partial charge in [-0.1, -0.05) is 140 Å². The predicted octanol–water partition coefficient (Wildman–Crippen LogP) is 7.21. The van der Waals surface area contributed by atoms with Gasteiger partial charge < -0.3 is 4.57 Å². The minimum atomic E-state index is -3.35. The van der Waals surface area contributed by atoms with E-state index in [9.17, 15) is 0 Å². The summed E-state index contributed by atoms with van der Waals surface area (Å²) in [6.45, 7) is 0. The third-order valence-corrected chi connectivity index (χ3v) is 9.65. The molecule has 0 aliphatic rings. The minimum Gasteiger partial charge on any atom is -0.309 e. The molecule has 0 fully saturated rings. The van der Waals surface area contributed by atoms with Crippen molar-refractivity contribution >= 4 is 34.0 Å². The standard InChI is InChI=1S/C33H24NOP/c35-36(27-19-9-3-10-20-27,28-21-11-4-12-22-28)33-31(25-15-5-1-6-16-25)29-23-13-14-24-30(29)34-32(33)26-17-7-2-8-18-26/h1-24H. The van der Waals surface area contributed by atoms with Crippen LogP contribution in [0.25, 0.3) is 33.3 Å². The second-order valence-corrected chi connectivity index (χ2v) is 11.4. The van der Waals surface area contributed by atoms with Crippen molar-refractivity contribution in [1.82, 2.24) is 4.98 Å². The summed E-state index contributed by atoms with van der Waals surface area (Å²) in [7, 11) is -3.35. The predicted molar refractivity (Wildman–Crippen MR) is 152 cm³/mol. The Morgan fingerprint density at radius 2 is 0.917 bits per heavy atom. The van der Waals surface area contributed by atoms with Gasteiger partial charge in [-0.15, -0.1) is 0 Å². The first kappa shape index (κ1) is 22.2. The summed E-state index contributed by atoms with van der Waals surface area (Å²) in [4.78, 5) is 5.18. The highest BCUT2D eigenvalue weighted by Gasteiger charge is 2.36. The molecule has 0 radical (unpaired) electrons. The maximum atomic E-state index is 15.8. The Morgan fingerprint density at radius 3 is 1.47 bits per heavy atom. The van der Waals surface area contributed by atoms with Crippen LogP contribution in [-0.2, 0) is 4.57 Å². The van der Waals surface area contributed by atoms with Gasteiger partial charge in [0.2, 0.25) is 0 Å². The van der Waals surface area contributed by atoms with Crippen LogP contribution in [0.15, 0.2) is 146 Å². The molecule has 0 aliphatic carbocycles. The van der Waals surface area contributed by atoms with Gasteiger partial charge in [-0.05, 0) is 11.6 Å². The van der Waals surface area contributed by atoms with Gasteiger partial charge in [-0.2, -0.15) is 0 Å². The number of rotatable bonds is 5.